The first-order valence-electron chi connectivity index (χ1n) is 7.64. The van der Waals surface area contributed by atoms with Crippen molar-refractivity contribution in [2.45, 2.75) is 45.1 Å². The van der Waals surface area contributed by atoms with Crippen molar-refractivity contribution in [3.63, 3.8) is 0 Å². The second-order valence-corrected chi connectivity index (χ2v) is 5.62. The predicted molar refractivity (Wildman–Crippen MR) is 84.6 cm³/mol. The van der Waals surface area contributed by atoms with Gasteiger partial charge in [0.1, 0.15) is 0 Å². The van der Waals surface area contributed by atoms with E-state index in [0.717, 1.165) is 6.54 Å². The first kappa shape index (κ1) is 16.2. The zero-order valence-corrected chi connectivity index (χ0v) is 12.9. The Morgan fingerprint density at radius 2 is 1.84 bits per heavy atom. The molecule has 0 fully saturated rings. The van der Waals surface area contributed by atoms with Gasteiger partial charge in [-0.15, -0.1) is 0 Å². The summed E-state index contributed by atoms with van der Waals surface area (Å²) in [6.45, 7) is 4.55. The molecule has 0 bridgehead atoms. The Balaban J connectivity index is 2.26. The summed E-state index contributed by atoms with van der Waals surface area (Å²) < 4.78 is 0. The Labute approximate surface area is 119 Å². The van der Waals surface area contributed by atoms with E-state index in [-0.39, 0.29) is 0 Å². The van der Waals surface area contributed by atoms with E-state index in [1.807, 2.05) is 0 Å². The molecular weight excluding hydrogens is 232 g/mol. The molecule has 1 atom stereocenters. The van der Waals surface area contributed by atoms with Gasteiger partial charge in [0.2, 0.25) is 0 Å². The fraction of sp³-hybridized carbons (Fsp3) is 0.647. The quantitative estimate of drug-likeness (QED) is 0.696. The van der Waals surface area contributed by atoms with E-state index in [2.05, 4.69) is 61.6 Å². The highest BCUT2D eigenvalue weighted by atomic mass is 15.1. The van der Waals surface area contributed by atoms with Crippen LogP contribution in [0, 0.1) is 0 Å². The maximum Gasteiger partial charge on any atom is 0.00793 e. The minimum atomic E-state index is 0.672. The first-order valence-corrected chi connectivity index (χ1v) is 7.64. The topological polar surface area (TPSA) is 15.3 Å². The minimum Gasteiger partial charge on any atom is -0.314 e. The van der Waals surface area contributed by atoms with Crippen molar-refractivity contribution in [2.75, 3.05) is 27.2 Å². The number of benzene rings is 1. The molecule has 19 heavy (non-hydrogen) atoms. The van der Waals surface area contributed by atoms with Crippen LogP contribution in [0.5, 0.6) is 0 Å². The average molecular weight is 262 g/mol. The zero-order chi connectivity index (χ0) is 13.9. The van der Waals surface area contributed by atoms with Crippen LogP contribution in [0.4, 0.5) is 0 Å². The van der Waals surface area contributed by atoms with E-state index in [1.165, 1.54) is 44.2 Å². The second kappa shape index (κ2) is 9.99. The van der Waals surface area contributed by atoms with Gasteiger partial charge in [0.25, 0.3) is 0 Å². The molecule has 0 saturated heterocycles. The van der Waals surface area contributed by atoms with Gasteiger partial charge in [0, 0.05) is 6.04 Å². The maximum absolute atomic E-state index is 3.68. The molecule has 1 N–H and O–H groups in total. The molecule has 0 aromatic heterocycles. The number of aryl methyl sites for hydroxylation is 1. The highest BCUT2D eigenvalue weighted by Gasteiger charge is 2.08. The van der Waals surface area contributed by atoms with E-state index < -0.39 is 0 Å². The van der Waals surface area contributed by atoms with Gasteiger partial charge in [-0.05, 0) is 64.9 Å². The molecular formula is C17H30N2. The van der Waals surface area contributed by atoms with Gasteiger partial charge < -0.3 is 10.2 Å². The van der Waals surface area contributed by atoms with Gasteiger partial charge in [-0.3, -0.25) is 0 Å². The SMILES string of the molecule is CCCNC(CCCc1ccccc1)CCN(C)C. The van der Waals surface area contributed by atoms with Crippen molar-refractivity contribution in [2.24, 2.45) is 0 Å². The van der Waals surface area contributed by atoms with E-state index >= 15 is 0 Å². The third kappa shape index (κ3) is 8.02. The molecule has 1 rings (SSSR count). The molecule has 0 saturated carbocycles. The number of nitrogens with zero attached hydrogens (tertiary/aromatic N) is 1. The fourth-order valence-corrected chi connectivity index (χ4v) is 2.31. The lowest BCUT2D eigenvalue weighted by molar-refractivity contribution is 0.345. The third-order valence-corrected chi connectivity index (χ3v) is 3.47. The van der Waals surface area contributed by atoms with Crippen LogP contribution < -0.4 is 5.32 Å². The normalized spacial score (nSPS) is 12.8. The lowest BCUT2D eigenvalue weighted by Crippen LogP contribution is -2.33. The number of hydrogen-bond acceptors (Lipinski definition) is 2. The molecule has 0 spiro atoms. The second-order valence-electron chi connectivity index (χ2n) is 5.62. The Hall–Kier alpha value is -0.860. The summed E-state index contributed by atoms with van der Waals surface area (Å²) in [6, 6.07) is 11.5. The van der Waals surface area contributed by atoms with Crippen LogP contribution >= 0.6 is 0 Å². The van der Waals surface area contributed by atoms with Crippen molar-refractivity contribution in [1.29, 1.82) is 0 Å². The predicted octanol–water partition coefficient (Wildman–Crippen LogP) is 3.33. The van der Waals surface area contributed by atoms with E-state index in [9.17, 15) is 0 Å². The van der Waals surface area contributed by atoms with Gasteiger partial charge in [-0.2, -0.15) is 0 Å². The smallest absolute Gasteiger partial charge is 0.00793 e. The molecule has 0 aliphatic rings. The molecule has 0 aliphatic heterocycles. The third-order valence-electron chi connectivity index (χ3n) is 3.47. The van der Waals surface area contributed by atoms with Crippen LogP contribution in [0.15, 0.2) is 30.3 Å². The summed E-state index contributed by atoms with van der Waals surface area (Å²) in [5.74, 6) is 0. The highest BCUT2D eigenvalue weighted by Crippen LogP contribution is 2.09. The van der Waals surface area contributed by atoms with Gasteiger partial charge in [0.15, 0.2) is 0 Å². The Bertz CT molecular complexity index is 308. The summed E-state index contributed by atoms with van der Waals surface area (Å²) in [7, 11) is 4.31. The van der Waals surface area contributed by atoms with Gasteiger partial charge >= 0.3 is 0 Å². The summed E-state index contributed by atoms with van der Waals surface area (Å²) in [4.78, 5) is 2.28. The van der Waals surface area contributed by atoms with Gasteiger partial charge in [-0.25, -0.2) is 0 Å². The van der Waals surface area contributed by atoms with Crippen molar-refractivity contribution in [3.8, 4) is 0 Å². The van der Waals surface area contributed by atoms with Crippen LogP contribution in [0.2, 0.25) is 0 Å². The van der Waals surface area contributed by atoms with Crippen LogP contribution in [0.3, 0.4) is 0 Å². The van der Waals surface area contributed by atoms with E-state index in [0.29, 0.717) is 6.04 Å². The molecule has 0 amide bonds. The monoisotopic (exact) mass is 262 g/mol. The van der Waals surface area contributed by atoms with Crippen LogP contribution in [-0.4, -0.2) is 38.1 Å². The maximum atomic E-state index is 3.68. The Kier molecular flexibility index (Phi) is 8.52. The molecule has 0 aliphatic carbocycles. The Morgan fingerprint density at radius 1 is 1.11 bits per heavy atom. The fourth-order valence-electron chi connectivity index (χ4n) is 2.31. The van der Waals surface area contributed by atoms with E-state index in [4.69, 9.17) is 0 Å². The average Bonchev–Trinajstić information content (AvgIpc) is 2.42. The summed E-state index contributed by atoms with van der Waals surface area (Å²) >= 11 is 0. The van der Waals surface area contributed by atoms with Gasteiger partial charge in [-0.1, -0.05) is 37.3 Å². The number of nitrogens with one attached hydrogen (secondary N) is 1. The van der Waals surface area contributed by atoms with E-state index in [1.54, 1.807) is 0 Å². The highest BCUT2D eigenvalue weighted by molar-refractivity contribution is 5.14. The molecule has 1 unspecified atom stereocenters. The lowest BCUT2D eigenvalue weighted by atomic mass is 10.0. The lowest BCUT2D eigenvalue weighted by Gasteiger charge is -2.20. The molecule has 0 heterocycles. The molecule has 1 aromatic rings. The van der Waals surface area contributed by atoms with Crippen LogP contribution in [0.1, 0.15) is 38.2 Å². The Morgan fingerprint density at radius 3 is 2.47 bits per heavy atom. The molecule has 108 valence electrons. The first-order chi connectivity index (χ1) is 9.22. The van der Waals surface area contributed by atoms with Crippen molar-refractivity contribution < 1.29 is 0 Å². The minimum absolute atomic E-state index is 0.672. The largest absolute Gasteiger partial charge is 0.314 e. The van der Waals surface area contributed by atoms with Crippen molar-refractivity contribution in [1.82, 2.24) is 10.2 Å². The summed E-state index contributed by atoms with van der Waals surface area (Å²) in [5, 5.41) is 3.68. The zero-order valence-electron chi connectivity index (χ0n) is 12.9. The van der Waals surface area contributed by atoms with Crippen molar-refractivity contribution in [3.05, 3.63) is 35.9 Å². The molecule has 0 radical (unpaired) electrons. The van der Waals surface area contributed by atoms with Crippen molar-refractivity contribution >= 4 is 0 Å². The summed E-state index contributed by atoms with van der Waals surface area (Å²) in [6.07, 6.45) is 6.23. The standard InChI is InChI=1S/C17H30N2/c1-4-14-18-17(13-15-19(2)3)12-8-11-16-9-6-5-7-10-16/h5-7,9-10,17-18H,4,8,11-15H2,1-3H3. The number of hydrogen-bond donors (Lipinski definition) is 1. The summed E-state index contributed by atoms with van der Waals surface area (Å²) in [5.41, 5.74) is 1.46. The van der Waals surface area contributed by atoms with Crippen LogP contribution in [-0.2, 0) is 6.42 Å². The molecule has 2 nitrogen and oxygen atoms in total. The molecule has 1 aromatic carbocycles. The number of rotatable bonds is 10. The van der Waals surface area contributed by atoms with Gasteiger partial charge in [0.05, 0.1) is 0 Å². The molecule has 2 heteroatoms. The van der Waals surface area contributed by atoms with Crippen LogP contribution in [0.25, 0.3) is 0 Å².